The zero-order valence-corrected chi connectivity index (χ0v) is 18.2. The quantitative estimate of drug-likeness (QED) is 0.171. The summed E-state index contributed by atoms with van der Waals surface area (Å²) in [6, 6.07) is 18.2. The van der Waals surface area contributed by atoms with Crippen LogP contribution in [0.2, 0.25) is 5.02 Å². The van der Waals surface area contributed by atoms with Crippen molar-refractivity contribution >= 4 is 45.1 Å². The fourth-order valence-corrected chi connectivity index (χ4v) is 3.72. The Balaban J connectivity index is 1.88. The number of hydrogen-bond donors (Lipinski definition) is 1. The number of nitro benzene ring substituents is 1. The lowest BCUT2D eigenvalue weighted by Gasteiger charge is -2.10. The van der Waals surface area contributed by atoms with Crippen molar-refractivity contribution in [1.82, 2.24) is 0 Å². The van der Waals surface area contributed by atoms with Gasteiger partial charge >= 0.3 is 10.1 Å². The standard InChI is InChI=1S/C22H14ClN3O6S/c23-17-8-10-20(11-9-17)33(30,31)32-21-7-2-1-4-15(21)12-16(14-24)22(27)25-18-5-3-6-19(13-18)26(28)29/h1-13H,(H,25,27)/b16-12+. The van der Waals surface area contributed by atoms with Crippen molar-refractivity contribution in [2.45, 2.75) is 4.90 Å². The third-order valence-electron chi connectivity index (χ3n) is 4.20. The number of halogens is 1. The van der Waals surface area contributed by atoms with Crippen molar-refractivity contribution in [2.75, 3.05) is 5.32 Å². The normalized spacial score (nSPS) is 11.3. The summed E-state index contributed by atoms with van der Waals surface area (Å²) in [5.41, 5.74) is -0.339. The maximum atomic E-state index is 12.6. The van der Waals surface area contributed by atoms with E-state index >= 15 is 0 Å². The number of carbonyl (C=O) groups is 1. The highest BCUT2D eigenvalue weighted by atomic mass is 35.5. The predicted molar refractivity (Wildman–Crippen MR) is 121 cm³/mol. The van der Waals surface area contributed by atoms with Gasteiger partial charge in [0.15, 0.2) is 0 Å². The zero-order valence-electron chi connectivity index (χ0n) is 16.6. The fourth-order valence-electron chi connectivity index (χ4n) is 2.64. The van der Waals surface area contributed by atoms with Crippen LogP contribution >= 0.6 is 11.6 Å². The summed E-state index contributed by atoms with van der Waals surface area (Å²) in [4.78, 5) is 22.7. The Bertz CT molecular complexity index is 1400. The Morgan fingerprint density at radius 3 is 2.45 bits per heavy atom. The molecule has 1 amide bonds. The average Bonchev–Trinajstić information content (AvgIpc) is 2.78. The second kappa shape index (κ2) is 9.95. The van der Waals surface area contributed by atoms with Gasteiger partial charge in [-0.2, -0.15) is 13.7 Å². The molecule has 0 aliphatic rings. The first-order chi connectivity index (χ1) is 15.7. The van der Waals surface area contributed by atoms with E-state index in [2.05, 4.69) is 5.32 Å². The van der Waals surface area contributed by atoms with Crippen LogP contribution in [0.15, 0.2) is 83.3 Å². The maximum Gasteiger partial charge on any atom is 0.339 e. The largest absolute Gasteiger partial charge is 0.378 e. The number of benzene rings is 3. The van der Waals surface area contributed by atoms with Gasteiger partial charge in [-0.3, -0.25) is 14.9 Å². The van der Waals surface area contributed by atoms with Crippen LogP contribution in [0, 0.1) is 21.4 Å². The lowest BCUT2D eigenvalue weighted by molar-refractivity contribution is -0.384. The molecule has 0 saturated heterocycles. The number of hydrogen-bond acceptors (Lipinski definition) is 7. The molecule has 166 valence electrons. The van der Waals surface area contributed by atoms with Crippen LogP contribution in [0.3, 0.4) is 0 Å². The van der Waals surface area contributed by atoms with E-state index in [-0.39, 0.29) is 33.2 Å². The summed E-state index contributed by atoms with van der Waals surface area (Å²) in [5.74, 6) is -0.947. The molecule has 0 unspecified atom stereocenters. The number of para-hydroxylation sites is 1. The number of nitrogens with zero attached hydrogens (tertiary/aromatic N) is 2. The molecule has 0 aliphatic carbocycles. The maximum absolute atomic E-state index is 12.6. The van der Waals surface area contributed by atoms with Gasteiger partial charge in [-0.05, 0) is 42.5 Å². The van der Waals surface area contributed by atoms with Crippen LogP contribution < -0.4 is 9.50 Å². The van der Waals surface area contributed by atoms with Crippen LogP contribution in [0.4, 0.5) is 11.4 Å². The number of amides is 1. The summed E-state index contributed by atoms with van der Waals surface area (Å²) in [5, 5.41) is 23.1. The molecule has 33 heavy (non-hydrogen) atoms. The van der Waals surface area contributed by atoms with Gasteiger partial charge in [0.2, 0.25) is 0 Å². The van der Waals surface area contributed by atoms with Crippen LogP contribution in [-0.4, -0.2) is 19.2 Å². The van der Waals surface area contributed by atoms with E-state index in [0.717, 1.165) is 12.1 Å². The predicted octanol–water partition coefficient (Wildman–Crippen LogP) is 4.56. The molecule has 3 rings (SSSR count). The number of nitrogens with one attached hydrogen (secondary N) is 1. The van der Waals surface area contributed by atoms with Gasteiger partial charge in [-0.1, -0.05) is 35.9 Å². The molecule has 0 bridgehead atoms. The molecule has 11 heteroatoms. The van der Waals surface area contributed by atoms with Crippen LogP contribution in [0.1, 0.15) is 5.56 Å². The molecule has 0 saturated carbocycles. The van der Waals surface area contributed by atoms with E-state index in [9.17, 15) is 28.6 Å². The number of anilines is 1. The fraction of sp³-hybridized carbons (Fsp3) is 0. The molecule has 0 aromatic heterocycles. The van der Waals surface area contributed by atoms with E-state index in [4.69, 9.17) is 15.8 Å². The van der Waals surface area contributed by atoms with Crippen molar-refractivity contribution in [3.8, 4) is 11.8 Å². The zero-order chi connectivity index (χ0) is 24.0. The number of nitriles is 1. The molecule has 3 aromatic carbocycles. The number of nitro groups is 1. The van der Waals surface area contributed by atoms with Crippen molar-refractivity contribution in [1.29, 1.82) is 5.26 Å². The highest BCUT2D eigenvalue weighted by molar-refractivity contribution is 7.87. The lowest BCUT2D eigenvalue weighted by Crippen LogP contribution is -2.14. The highest BCUT2D eigenvalue weighted by Gasteiger charge is 2.19. The molecule has 0 radical (unpaired) electrons. The first-order valence-corrected chi connectivity index (χ1v) is 10.9. The van der Waals surface area contributed by atoms with E-state index in [1.807, 2.05) is 0 Å². The number of non-ortho nitro benzene ring substituents is 1. The minimum absolute atomic E-state index is 0.108. The minimum atomic E-state index is -4.21. The average molecular weight is 484 g/mol. The van der Waals surface area contributed by atoms with Crippen molar-refractivity contribution < 1.29 is 22.3 Å². The second-order valence-electron chi connectivity index (χ2n) is 6.46. The summed E-state index contributed by atoms with van der Waals surface area (Å²) in [7, 11) is -4.21. The molecule has 3 aromatic rings. The van der Waals surface area contributed by atoms with E-state index < -0.39 is 20.9 Å². The van der Waals surface area contributed by atoms with Crippen molar-refractivity contribution in [3.05, 3.63) is 99.1 Å². The topological polar surface area (TPSA) is 139 Å². The molecule has 9 nitrogen and oxygen atoms in total. The Labute approximate surface area is 193 Å². The SMILES string of the molecule is N#C/C(=C\c1ccccc1OS(=O)(=O)c1ccc(Cl)cc1)C(=O)Nc1cccc([N+](=O)[O-])c1. The third-order valence-corrected chi connectivity index (χ3v) is 5.70. The van der Waals surface area contributed by atoms with E-state index in [0.29, 0.717) is 5.02 Å². The number of rotatable bonds is 7. The molecule has 0 aliphatic heterocycles. The van der Waals surface area contributed by atoms with Crippen molar-refractivity contribution in [2.24, 2.45) is 0 Å². The summed E-state index contributed by atoms with van der Waals surface area (Å²) < 4.78 is 30.4. The molecule has 0 spiro atoms. The van der Waals surface area contributed by atoms with Gasteiger partial charge in [0.1, 0.15) is 22.3 Å². The van der Waals surface area contributed by atoms with Gasteiger partial charge in [0.05, 0.1) is 4.92 Å². The molecule has 1 N–H and O–H groups in total. The monoisotopic (exact) mass is 483 g/mol. The first kappa shape index (κ1) is 23.5. The molecular weight excluding hydrogens is 470 g/mol. The van der Waals surface area contributed by atoms with Crippen LogP contribution in [-0.2, 0) is 14.9 Å². The number of carbonyl (C=O) groups excluding carboxylic acids is 1. The van der Waals surface area contributed by atoms with E-state index in [1.54, 1.807) is 12.1 Å². The van der Waals surface area contributed by atoms with Crippen molar-refractivity contribution in [3.63, 3.8) is 0 Å². The van der Waals surface area contributed by atoms with Gasteiger partial charge in [-0.25, -0.2) is 0 Å². The van der Waals surface area contributed by atoms with Crippen LogP contribution in [0.5, 0.6) is 5.75 Å². The third kappa shape index (κ3) is 5.94. The summed E-state index contributed by atoms with van der Waals surface area (Å²) in [6.45, 7) is 0. The molecule has 0 fully saturated rings. The van der Waals surface area contributed by atoms with Gasteiger partial charge in [0.25, 0.3) is 11.6 Å². The van der Waals surface area contributed by atoms with Gasteiger partial charge in [-0.15, -0.1) is 0 Å². The molecular formula is C22H14ClN3O6S. The molecule has 0 heterocycles. The Kier molecular flexibility index (Phi) is 7.07. The minimum Gasteiger partial charge on any atom is -0.378 e. The smallest absolute Gasteiger partial charge is 0.339 e. The highest BCUT2D eigenvalue weighted by Crippen LogP contribution is 2.26. The summed E-state index contributed by atoms with van der Waals surface area (Å²) in [6.07, 6.45) is 1.15. The Morgan fingerprint density at radius 1 is 1.09 bits per heavy atom. The second-order valence-corrected chi connectivity index (χ2v) is 8.44. The van der Waals surface area contributed by atoms with Gasteiger partial charge in [0, 0.05) is 28.4 Å². The Hall–Kier alpha value is -4.20. The first-order valence-electron chi connectivity index (χ1n) is 9.16. The lowest BCUT2D eigenvalue weighted by atomic mass is 10.1. The van der Waals surface area contributed by atoms with E-state index in [1.165, 1.54) is 60.7 Å². The van der Waals surface area contributed by atoms with Crippen LogP contribution in [0.25, 0.3) is 6.08 Å². The van der Waals surface area contributed by atoms with Gasteiger partial charge < -0.3 is 9.50 Å². The summed E-state index contributed by atoms with van der Waals surface area (Å²) >= 11 is 5.79. The Morgan fingerprint density at radius 2 is 1.79 bits per heavy atom. The molecule has 0 atom stereocenters.